The van der Waals surface area contributed by atoms with Crippen LogP contribution in [0.15, 0.2) is 28.8 Å². The van der Waals surface area contributed by atoms with Crippen LogP contribution in [-0.4, -0.2) is 39.4 Å². The normalized spacial score (nSPS) is 11.2. The molecule has 0 fully saturated rings. The van der Waals surface area contributed by atoms with Gasteiger partial charge in [-0.2, -0.15) is 0 Å². The van der Waals surface area contributed by atoms with Gasteiger partial charge in [0.15, 0.2) is 5.82 Å². The Kier molecular flexibility index (Phi) is 5.91. The van der Waals surface area contributed by atoms with E-state index in [9.17, 15) is 13.2 Å². The number of benzene rings is 1. The maximum Gasteiger partial charge on any atom is 0.233 e. The van der Waals surface area contributed by atoms with E-state index >= 15 is 0 Å². The van der Waals surface area contributed by atoms with Gasteiger partial charge in [-0.25, -0.2) is 8.42 Å². The second-order valence-corrected chi connectivity index (χ2v) is 7.59. The van der Waals surface area contributed by atoms with Gasteiger partial charge >= 0.3 is 0 Å². The quantitative estimate of drug-likeness (QED) is 0.782. The van der Waals surface area contributed by atoms with Crippen molar-refractivity contribution in [1.82, 2.24) is 5.16 Å². The van der Waals surface area contributed by atoms with E-state index in [0.29, 0.717) is 22.2 Å². The summed E-state index contributed by atoms with van der Waals surface area (Å²) >= 11 is 6.00. The largest absolute Gasteiger partial charge is 0.495 e. The Bertz CT molecular complexity index is 866. The van der Waals surface area contributed by atoms with Gasteiger partial charge in [-0.05, 0) is 25.1 Å². The molecule has 136 valence electrons. The zero-order valence-corrected chi connectivity index (χ0v) is 15.5. The zero-order chi connectivity index (χ0) is 18.6. The number of anilines is 2. The molecule has 8 nitrogen and oxygen atoms in total. The summed E-state index contributed by atoms with van der Waals surface area (Å²) in [6, 6.07) is 6.30. The molecular formula is C15H18ClN3O5S. The van der Waals surface area contributed by atoms with Crippen LogP contribution in [-0.2, 0) is 14.8 Å². The van der Waals surface area contributed by atoms with E-state index in [-0.39, 0.29) is 24.7 Å². The lowest BCUT2D eigenvalue weighted by Gasteiger charge is -2.18. The number of rotatable bonds is 7. The van der Waals surface area contributed by atoms with Crippen LogP contribution in [0.4, 0.5) is 11.5 Å². The molecular weight excluding hydrogens is 370 g/mol. The third kappa shape index (κ3) is 5.10. The molecule has 0 radical (unpaired) electrons. The Balaban J connectivity index is 2.03. The number of carbonyl (C=O) groups is 1. The fourth-order valence-corrected chi connectivity index (χ4v) is 3.20. The number of aryl methyl sites for hydroxylation is 1. The molecule has 1 amide bonds. The number of methoxy groups -OCH3 is 1. The van der Waals surface area contributed by atoms with Crippen LogP contribution in [0.3, 0.4) is 0 Å². The third-order valence-corrected chi connectivity index (χ3v) is 4.71. The molecule has 0 spiro atoms. The summed E-state index contributed by atoms with van der Waals surface area (Å²) in [6.45, 7) is 1.58. The molecule has 0 saturated heterocycles. The lowest BCUT2D eigenvalue weighted by atomic mass is 10.3. The highest BCUT2D eigenvalue weighted by molar-refractivity contribution is 7.92. The van der Waals surface area contributed by atoms with Gasteiger partial charge in [-0.3, -0.25) is 9.10 Å². The van der Waals surface area contributed by atoms with E-state index in [2.05, 4.69) is 10.5 Å². The van der Waals surface area contributed by atoms with Gasteiger partial charge in [0.05, 0.1) is 18.4 Å². The molecule has 0 saturated carbocycles. The van der Waals surface area contributed by atoms with Gasteiger partial charge in [-0.15, -0.1) is 0 Å². The molecule has 2 aromatic rings. The number of aromatic nitrogens is 1. The molecule has 25 heavy (non-hydrogen) atoms. The molecule has 10 heteroatoms. The van der Waals surface area contributed by atoms with Crippen molar-refractivity contribution in [2.75, 3.05) is 29.5 Å². The van der Waals surface area contributed by atoms with Gasteiger partial charge < -0.3 is 14.6 Å². The maximum atomic E-state index is 12.1. The number of nitrogens with zero attached hydrogens (tertiary/aromatic N) is 2. The van der Waals surface area contributed by atoms with Crippen LogP contribution in [0.25, 0.3) is 0 Å². The number of sulfonamides is 1. The van der Waals surface area contributed by atoms with Gasteiger partial charge in [0.25, 0.3) is 0 Å². The van der Waals surface area contributed by atoms with Crippen LogP contribution in [0.5, 0.6) is 5.75 Å². The summed E-state index contributed by atoms with van der Waals surface area (Å²) in [5.41, 5.74) is 0.485. The first-order valence-electron chi connectivity index (χ1n) is 7.25. The Labute approximate surface area is 150 Å². The number of amides is 1. The number of ether oxygens (including phenoxy) is 1. The fraction of sp³-hybridized carbons (Fsp3) is 0.333. The minimum atomic E-state index is -3.60. The SMILES string of the molecule is COc1ccc(NC(=O)CCN(c2cc(C)on2)S(C)(=O)=O)cc1Cl. The van der Waals surface area contributed by atoms with Crippen molar-refractivity contribution in [3.05, 3.63) is 35.0 Å². The zero-order valence-electron chi connectivity index (χ0n) is 13.9. The van der Waals surface area contributed by atoms with Crippen LogP contribution in [0.1, 0.15) is 12.2 Å². The number of hydrogen-bond donors (Lipinski definition) is 1. The molecule has 1 aromatic heterocycles. The van der Waals surface area contributed by atoms with E-state index in [1.165, 1.54) is 13.2 Å². The van der Waals surface area contributed by atoms with Crippen molar-refractivity contribution in [3.8, 4) is 5.75 Å². The van der Waals surface area contributed by atoms with Crippen LogP contribution in [0.2, 0.25) is 5.02 Å². The summed E-state index contributed by atoms with van der Waals surface area (Å²) in [5.74, 6) is 0.737. The second-order valence-electron chi connectivity index (χ2n) is 5.28. The summed E-state index contributed by atoms with van der Waals surface area (Å²) < 4.78 is 34.8. The van der Waals surface area contributed by atoms with Gasteiger partial charge in [0, 0.05) is 24.7 Å². The van der Waals surface area contributed by atoms with Crippen LogP contribution in [0, 0.1) is 6.92 Å². The second kappa shape index (κ2) is 7.75. The predicted octanol–water partition coefficient (Wildman–Crippen LogP) is 2.44. The first-order valence-corrected chi connectivity index (χ1v) is 9.47. The molecule has 0 aliphatic heterocycles. The summed E-state index contributed by atoms with van der Waals surface area (Å²) in [7, 11) is -2.10. The van der Waals surface area contributed by atoms with Gasteiger partial charge in [-0.1, -0.05) is 16.8 Å². The molecule has 0 bridgehead atoms. The average molecular weight is 388 g/mol. The molecule has 1 aromatic carbocycles. The minimum absolute atomic E-state index is 0.0668. The maximum absolute atomic E-state index is 12.1. The lowest BCUT2D eigenvalue weighted by molar-refractivity contribution is -0.116. The minimum Gasteiger partial charge on any atom is -0.495 e. The fourth-order valence-electron chi connectivity index (χ4n) is 2.09. The Morgan fingerprint density at radius 1 is 1.40 bits per heavy atom. The first kappa shape index (κ1) is 19.1. The lowest BCUT2D eigenvalue weighted by Crippen LogP contribution is -2.33. The van der Waals surface area contributed by atoms with E-state index < -0.39 is 10.0 Å². The van der Waals surface area contributed by atoms with Crippen molar-refractivity contribution in [2.45, 2.75) is 13.3 Å². The number of hydrogen-bond acceptors (Lipinski definition) is 6. The van der Waals surface area contributed by atoms with Crippen molar-refractivity contribution >= 4 is 39.0 Å². The predicted molar refractivity (Wildman–Crippen MR) is 94.7 cm³/mol. The molecule has 0 unspecified atom stereocenters. The highest BCUT2D eigenvalue weighted by atomic mass is 35.5. The van der Waals surface area contributed by atoms with Crippen molar-refractivity contribution in [3.63, 3.8) is 0 Å². The number of carbonyl (C=O) groups excluding carboxylic acids is 1. The topological polar surface area (TPSA) is 102 Å². The van der Waals surface area contributed by atoms with E-state index in [1.807, 2.05) is 0 Å². The Hall–Kier alpha value is -2.26. The van der Waals surface area contributed by atoms with Crippen LogP contribution >= 0.6 is 11.6 Å². The number of halogens is 1. The molecule has 1 heterocycles. The molecule has 0 atom stereocenters. The number of nitrogens with one attached hydrogen (secondary N) is 1. The summed E-state index contributed by atoms with van der Waals surface area (Å²) in [4.78, 5) is 12.1. The van der Waals surface area contributed by atoms with E-state index in [1.54, 1.807) is 25.1 Å². The molecule has 0 aliphatic carbocycles. The monoisotopic (exact) mass is 387 g/mol. The van der Waals surface area contributed by atoms with E-state index in [4.69, 9.17) is 20.9 Å². The first-order chi connectivity index (χ1) is 11.7. The molecule has 2 rings (SSSR count). The van der Waals surface area contributed by atoms with Crippen molar-refractivity contribution in [2.24, 2.45) is 0 Å². The third-order valence-electron chi connectivity index (χ3n) is 3.25. The van der Waals surface area contributed by atoms with Crippen LogP contribution < -0.4 is 14.4 Å². The van der Waals surface area contributed by atoms with Crippen molar-refractivity contribution in [1.29, 1.82) is 0 Å². The summed E-state index contributed by atoms with van der Waals surface area (Å²) in [6.07, 6.45) is 0.973. The van der Waals surface area contributed by atoms with Gasteiger partial charge in [0.1, 0.15) is 11.5 Å². The average Bonchev–Trinajstić information content (AvgIpc) is 2.92. The Morgan fingerprint density at radius 2 is 2.12 bits per heavy atom. The van der Waals surface area contributed by atoms with E-state index in [0.717, 1.165) is 10.6 Å². The molecule has 1 N–H and O–H groups in total. The standard InChI is InChI=1S/C15H18ClN3O5S/c1-10-8-14(18-24-10)19(25(3,21)22)7-6-15(20)17-11-4-5-13(23-2)12(16)9-11/h4-5,8-9H,6-7H2,1-3H3,(H,17,20). The smallest absolute Gasteiger partial charge is 0.233 e. The van der Waals surface area contributed by atoms with Gasteiger partial charge in [0.2, 0.25) is 15.9 Å². The Morgan fingerprint density at radius 3 is 2.64 bits per heavy atom. The highest BCUT2D eigenvalue weighted by Crippen LogP contribution is 2.27. The summed E-state index contributed by atoms with van der Waals surface area (Å²) in [5, 5.41) is 6.69. The molecule has 0 aliphatic rings. The highest BCUT2D eigenvalue weighted by Gasteiger charge is 2.21. The van der Waals surface area contributed by atoms with Crippen molar-refractivity contribution < 1.29 is 22.5 Å².